The molecule has 2 N–H and O–H groups in total. The van der Waals surface area contributed by atoms with E-state index in [9.17, 15) is 10.1 Å². The molecule has 1 aromatic carbocycles. The van der Waals surface area contributed by atoms with Gasteiger partial charge in [0.25, 0.3) is 5.69 Å². The molecule has 0 bridgehead atoms. The van der Waals surface area contributed by atoms with Gasteiger partial charge in [0.05, 0.1) is 23.2 Å². The number of nitro benzene ring substituents is 1. The lowest BCUT2D eigenvalue weighted by Gasteiger charge is -2.22. The predicted octanol–water partition coefficient (Wildman–Crippen LogP) is 2.30. The summed E-state index contributed by atoms with van der Waals surface area (Å²) < 4.78 is 5.64. The summed E-state index contributed by atoms with van der Waals surface area (Å²) in [6.07, 6.45) is 0.0291. The van der Waals surface area contributed by atoms with E-state index in [1.807, 2.05) is 6.07 Å². The van der Waals surface area contributed by atoms with Crippen LogP contribution >= 0.6 is 0 Å². The van der Waals surface area contributed by atoms with Crippen LogP contribution in [0.25, 0.3) is 0 Å². The molecule has 0 aliphatic heterocycles. The fourth-order valence-corrected chi connectivity index (χ4v) is 1.73. The van der Waals surface area contributed by atoms with Crippen LogP contribution in [-0.2, 0) is 0 Å². The monoisotopic (exact) mass is 263 g/mol. The third-order valence-corrected chi connectivity index (χ3v) is 2.68. The van der Waals surface area contributed by atoms with Gasteiger partial charge in [-0.1, -0.05) is 0 Å². The normalized spacial score (nSPS) is 15.1. The highest BCUT2D eigenvalue weighted by Crippen LogP contribution is 2.26. The molecule has 0 aliphatic rings. The molecule has 2 atom stereocenters. The minimum absolute atomic E-state index is 0.0245. The van der Waals surface area contributed by atoms with Gasteiger partial charge in [-0.15, -0.1) is 0 Å². The van der Waals surface area contributed by atoms with Crippen molar-refractivity contribution < 1.29 is 9.66 Å². The van der Waals surface area contributed by atoms with Crippen LogP contribution in [0.2, 0.25) is 0 Å². The second-order valence-electron chi connectivity index (χ2n) is 4.87. The molecular formula is C13H17N3O3. The Bertz CT molecular complexity index is 520. The van der Waals surface area contributed by atoms with Gasteiger partial charge in [-0.25, -0.2) is 0 Å². The summed E-state index contributed by atoms with van der Waals surface area (Å²) in [5, 5.41) is 19.6. The maximum absolute atomic E-state index is 10.7. The molecule has 0 saturated heterocycles. The van der Waals surface area contributed by atoms with Gasteiger partial charge in [0, 0.05) is 12.5 Å². The smallest absolute Gasteiger partial charge is 0.273 e. The Morgan fingerprint density at radius 3 is 2.79 bits per heavy atom. The molecule has 1 aromatic rings. The number of nitriles is 1. The van der Waals surface area contributed by atoms with Gasteiger partial charge in [0.15, 0.2) is 0 Å². The van der Waals surface area contributed by atoms with Crippen molar-refractivity contribution in [2.24, 2.45) is 5.73 Å². The number of hydrogen-bond donors (Lipinski definition) is 1. The fourth-order valence-electron chi connectivity index (χ4n) is 1.73. The maximum Gasteiger partial charge on any atom is 0.273 e. The zero-order valence-corrected chi connectivity index (χ0v) is 11.2. The molecule has 0 aromatic heterocycles. The van der Waals surface area contributed by atoms with Gasteiger partial charge < -0.3 is 10.5 Å². The number of ether oxygens (including phenoxy) is 1. The largest absolute Gasteiger partial charge is 0.490 e. The van der Waals surface area contributed by atoms with Crippen molar-refractivity contribution in [1.82, 2.24) is 0 Å². The molecule has 0 amide bonds. The van der Waals surface area contributed by atoms with E-state index in [1.54, 1.807) is 26.8 Å². The van der Waals surface area contributed by atoms with E-state index in [0.717, 1.165) is 5.56 Å². The van der Waals surface area contributed by atoms with Crippen molar-refractivity contribution in [2.75, 3.05) is 0 Å². The highest BCUT2D eigenvalue weighted by molar-refractivity contribution is 5.43. The van der Waals surface area contributed by atoms with E-state index < -0.39 is 10.5 Å². The Kier molecular flexibility index (Phi) is 4.46. The second kappa shape index (κ2) is 5.67. The maximum atomic E-state index is 10.7. The summed E-state index contributed by atoms with van der Waals surface area (Å²) >= 11 is 0. The van der Waals surface area contributed by atoms with Gasteiger partial charge in [-0.2, -0.15) is 5.26 Å². The van der Waals surface area contributed by atoms with Crippen LogP contribution in [0.4, 0.5) is 5.69 Å². The first-order valence-corrected chi connectivity index (χ1v) is 5.87. The topological polar surface area (TPSA) is 102 Å². The number of benzene rings is 1. The SMILES string of the molecule is Cc1ccc([N+](=O)[O-])cc1OC(C)CC(C)(N)C#N. The number of nitrogens with zero attached hydrogens (tertiary/aromatic N) is 2. The molecule has 2 unspecified atom stereocenters. The van der Waals surface area contributed by atoms with E-state index >= 15 is 0 Å². The summed E-state index contributed by atoms with van der Waals surface area (Å²) in [6, 6.07) is 6.43. The lowest BCUT2D eigenvalue weighted by Crippen LogP contribution is -2.38. The van der Waals surface area contributed by atoms with Crippen molar-refractivity contribution in [1.29, 1.82) is 5.26 Å². The lowest BCUT2D eigenvalue weighted by molar-refractivity contribution is -0.385. The third kappa shape index (κ3) is 4.23. The summed E-state index contributed by atoms with van der Waals surface area (Å²) in [6.45, 7) is 5.20. The first-order chi connectivity index (χ1) is 8.75. The van der Waals surface area contributed by atoms with Crippen molar-refractivity contribution in [2.45, 2.75) is 38.8 Å². The number of hydrogen-bond acceptors (Lipinski definition) is 5. The zero-order valence-electron chi connectivity index (χ0n) is 11.2. The van der Waals surface area contributed by atoms with Crippen molar-refractivity contribution in [3.05, 3.63) is 33.9 Å². The van der Waals surface area contributed by atoms with E-state index in [0.29, 0.717) is 12.2 Å². The molecule has 6 heteroatoms. The number of nitrogens with two attached hydrogens (primary N) is 1. The second-order valence-corrected chi connectivity index (χ2v) is 4.87. The molecule has 0 heterocycles. The van der Waals surface area contributed by atoms with Gasteiger partial charge in [0.1, 0.15) is 11.3 Å². The minimum atomic E-state index is -0.978. The molecule has 0 saturated carbocycles. The molecule has 19 heavy (non-hydrogen) atoms. The average Bonchev–Trinajstić information content (AvgIpc) is 2.31. The van der Waals surface area contributed by atoms with Crippen LogP contribution in [0.1, 0.15) is 25.8 Å². The first kappa shape index (κ1) is 14.9. The Morgan fingerprint density at radius 2 is 2.26 bits per heavy atom. The number of aryl methyl sites for hydroxylation is 1. The molecule has 0 fully saturated rings. The van der Waals surface area contributed by atoms with Crippen LogP contribution in [0, 0.1) is 28.4 Å². The molecule has 6 nitrogen and oxygen atoms in total. The molecule has 0 radical (unpaired) electrons. The van der Waals surface area contributed by atoms with E-state index in [-0.39, 0.29) is 11.8 Å². The molecule has 0 spiro atoms. The first-order valence-electron chi connectivity index (χ1n) is 5.87. The summed E-state index contributed by atoms with van der Waals surface area (Å²) in [5.74, 6) is 0.440. The van der Waals surface area contributed by atoms with Gasteiger partial charge in [0.2, 0.25) is 0 Å². The molecule has 102 valence electrons. The van der Waals surface area contributed by atoms with E-state index in [4.69, 9.17) is 15.7 Å². The van der Waals surface area contributed by atoms with Crippen LogP contribution < -0.4 is 10.5 Å². The van der Waals surface area contributed by atoms with E-state index in [1.165, 1.54) is 12.1 Å². The van der Waals surface area contributed by atoms with Crippen LogP contribution in [0.15, 0.2) is 18.2 Å². The summed E-state index contributed by atoms with van der Waals surface area (Å²) in [5.41, 5.74) is 5.53. The summed E-state index contributed by atoms with van der Waals surface area (Å²) in [4.78, 5) is 10.2. The number of rotatable bonds is 5. The Morgan fingerprint density at radius 1 is 1.63 bits per heavy atom. The number of nitro groups is 1. The Balaban J connectivity index is 2.85. The predicted molar refractivity (Wildman–Crippen MR) is 70.7 cm³/mol. The third-order valence-electron chi connectivity index (χ3n) is 2.68. The van der Waals surface area contributed by atoms with Crippen molar-refractivity contribution in [3.63, 3.8) is 0 Å². The summed E-state index contributed by atoms with van der Waals surface area (Å²) in [7, 11) is 0. The highest BCUT2D eigenvalue weighted by atomic mass is 16.6. The van der Waals surface area contributed by atoms with Crippen molar-refractivity contribution >= 4 is 5.69 Å². The standard InChI is InChI=1S/C13H17N3O3/c1-9-4-5-11(16(17)18)6-12(9)19-10(2)7-13(3,15)8-14/h4-6,10H,7,15H2,1-3H3. The van der Waals surface area contributed by atoms with Crippen molar-refractivity contribution in [3.8, 4) is 11.8 Å². The zero-order chi connectivity index (χ0) is 14.6. The van der Waals surface area contributed by atoms with Crippen LogP contribution in [-0.4, -0.2) is 16.6 Å². The molecule has 0 aliphatic carbocycles. The Hall–Kier alpha value is -2.13. The highest BCUT2D eigenvalue weighted by Gasteiger charge is 2.22. The minimum Gasteiger partial charge on any atom is -0.490 e. The van der Waals surface area contributed by atoms with Gasteiger partial charge in [-0.05, 0) is 32.4 Å². The Labute approximate surface area is 111 Å². The molecular weight excluding hydrogens is 246 g/mol. The van der Waals surface area contributed by atoms with Crippen LogP contribution in [0.3, 0.4) is 0 Å². The molecule has 1 rings (SSSR count). The van der Waals surface area contributed by atoms with E-state index in [2.05, 4.69) is 0 Å². The quantitative estimate of drug-likeness (QED) is 0.648. The van der Waals surface area contributed by atoms with Crippen LogP contribution in [0.5, 0.6) is 5.75 Å². The number of non-ortho nitro benzene ring substituents is 1. The van der Waals surface area contributed by atoms with Gasteiger partial charge in [-0.3, -0.25) is 10.1 Å². The lowest BCUT2D eigenvalue weighted by atomic mass is 9.98. The van der Waals surface area contributed by atoms with Gasteiger partial charge >= 0.3 is 0 Å². The fraction of sp³-hybridized carbons (Fsp3) is 0.462. The average molecular weight is 263 g/mol.